The number of nitrogens with one attached hydrogen (secondary N) is 2. The average molecular weight is 481 g/mol. The Labute approximate surface area is 205 Å². The fourth-order valence-corrected chi connectivity index (χ4v) is 4.47. The molecule has 3 aromatic carbocycles. The lowest BCUT2D eigenvalue weighted by molar-refractivity contribution is -0.116. The van der Waals surface area contributed by atoms with Gasteiger partial charge in [-0.05, 0) is 55.2 Å². The van der Waals surface area contributed by atoms with Gasteiger partial charge in [0.25, 0.3) is 0 Å². The molecule has 1 heterocycles. The molecule has 1 aliphatic heterocycles. The van der Waals surface area contributed by atoms with E-state index in [-0.39, 0.29) is 30.2 Å². The van der Waals surface area contributed by atoms with Crippen LogP contribution < -0.4 is 10.6 Å². The Morgan fingerprint density at radius 3 is 2.53 bits per heavy atom. The smallest absolute Gasteiger partial charge is 0.225 e. The molecule has 0 unspecified atom stereocenters. The average Bonchev–Trinajstić information content (AvgIpc) is 2.84. The van der Waals surface area contributed by atoms with Gasteiger partial charge in [-0.3, -0.25) is 4.79 Å². The highest BCUT2D eigenvalue weighted by Gasteiger charge is 2.22. The first-order valence-corrected chi connectivity index (χ1v) is 12.1. The van der Waals surface area contributed by atoms with Crippen LogP contribution in [0.15, 0.2) is 72.8 Å². The second-order valence-electron chi connectivity index (χ2n) is 8.84. The van der Waals surface area contributed by atoms with Crippen molar-refractivity contribution in [3.05, 3.63) is 100 Å². The van der Waals surface area contributed by atoms with Crippen LogP contribution in [-0.2, 0) is 16.0 Å². The molecule has 1 aliphatic rings. The van der Waals surface area contributed by atoms with Crippen LogP contribution in [0.3, 0.4) is 0 Å². The van der Waals surface area contributed by atoms with Crippen LogP contribution in [0.2, 0.25) is 5.02 Å². The first kappa shape index (κ1) is 24.4. The highest BCUT2D eigenvalue weighted by Crippen LogP contribution is 2.30. The molecule has 2 N–H and O–H groups in total. The van der Waals surface area contributed by atoms with E-state index in [4.69, 9.17) is 16.3 Å². The summed E-state index contributed by atoms with van der Waals surface area (Å²) in [6.45, 7) is 3.47. The third-order valence-electron chi connectivity index (χ3n) is 6.25. The number of amides is 1. The van der Waals surface area contributed by atoms with Crippen molar-refractivity contribution in [1.29, 1.82) is 0 Å². The maximum atomic E-state index is 14.7. The van der Waals surface area contributed by atoms with Gasteiger partial charge < -0.3 is 15.4 Å². The molecule has 3 atom stereocenters. The molecule has 34 heavy (non-hydrogen) atoms. The fourth-order valence-electron chi connectivity index (χ4n) is 4.35. The van der Waals surface area contributed by atoms with Crippen molar-refractivity contribution in [3.63, 3.8) is 0 Å². The molecule has 6 heteroatoms. The van der Waals surface area contributed by atoms with Crippen LogP contribution >= 0.6 is 11.6 Å². The highest BCUT2D eigenvalue weighted by molar-refractivity contribution is 6.30. The molecule has 178 valence electrons. The third-order valence-corrected chi connectivity index (χ3v) is 6.50. The summed E-state index contributed by atoms with van der Waals surface area (Å²) in [6, 6.07) is 22.6. The van der Waals surface area contributed by atoms with Crippen molar-refractivity contribution < 1.29 is 13.9 Å². The van der Waals surface area contributed by atoms with Crippen LogP contribution in [0.1, 0.15) is 42.4 Å². The van der Waals surface area contributed by atoms with Crippen molar-refractivity contribution in [1.82, 2.24) is 5.32 Å². The molecular formula is C28H30ClFN2O2. The fraction of sp³-hybridized carbons (Fsp3) is 0.321. The SMILES string of the molecule is C[C@H]1CO[C@H](CCc2c(F)cccc2NC(=O)C[C@H](c2ccccc2)c2ccc(Cl)cc2)CN1. The van der Waals surface area contributed by atoms with E-state index in [9.17, 15) is 9.18 Å². The van der Waals surface area contributed by atoms with Crippen molar-refractivity contribution in [3.8, 4) is 0 Å². The Hall–Kier alpha value is -2.73. The molecule has 1 fully saturated rings. The molecule has 1 saturated heterocycles. The lowest BCUT2D eigenvalue weighted by atomic mass is 9.88. The van der Waals surface area contributed by atoms with E-state index in [0.717, 1.165) is 17.7 Å². The first-order chi connectivity index (χ1) is 16.5. The van der Waals surface area contributed by atoms with E-state index in [0.29, 0.717) is 41.8 Å². The van der Waals surface area contributed by atoms with E-state index >= 15 is 0 Å². The number of anilines is 1. The summed E-state index contributed by atoms with van der Waals surface area (Å²) in [5.41, 5.74) is 3.07. The molecule has 1 amide bonds. The number of hydrogen-bond acceptors (Lipinski definition) is 3. The summed E-state index contributed by atoms with van der Waals surface area (Å²) in [5.74, 6) is -0.619. The first-order valence-electron chi connectivity index (χ1n) is 11.7. The second-order valence-corrected chi connectivity index (χ2v) is 9.27. The molecule has 0 aliphatic carbocycles. The molecule has 0 radical (unpaired) electrons. The minimum Gasteiger partial charge on any atom is -0.375 e. The van der Waals surface area contributed by atoms with Crippen molar-refractivity contribution in [2.24, 2.45) is 0 Å². The number of carbonyl (C=O) groups excluding carboxylic acids is 1. The predicted molar refractivity (Wildman–Crippen MR) is 135 cm³/mol. The minimum absolute atomic E-state index is 0.0340. The van der Waals surface area contributed by atoms with Gasteiger partial charge in [0.05, 0.1) is 12.7 Å². The van der Waals surface area contributed by atoms with Crippen LogP contribution in [0, 0.1) is 5.82 Å². The zero-order valence-electron chi connectivity index (χ0n) is 19.3. The Balaban J connectivity index is 1.47. The van der Waals surface area contributed by atoms with Gasteiger partial charge >= 0.3 is 0 Å². The number of rotatable bonds is 8. The second kappa shape index (κ2) is 11.6. The standard InChI is InChI=1S/C28H30ClFN2O2/c1-19-18-34-23(17-31-19)14-15-24-26(30)8-5-9-27(24)32-28(33)16-25(20-6-3-2-4-7-20)21-10-12-22(29)13-11-21/h2-13,19,23,25,31H,14-18H2,1H3,(H,32,33)/t19-,23+,25+/m0/s1. The monoisotopic (exact) mass is 480 g/mol. The summed E-state index contributed by atoms with van der Waals surface area (Å²) in [6.07, 6.45) is 1.44. The summed E-state index contributed by atoms with van der Waals surface area (Å²) in [7, 11) is 0. The minimum atomic E-state index is -0.313. The number of ether oxygens (including phenoxy) is 1. The summed E-state index contributed by atoms with van der Waals surface area (Å²) >= 11 is 6.07. The van der Waals surface area contributed by atoms with Gasteiger partial charge in [0.2, 0.25) is 5.91 Å². The Kier molecular flexibility index (Phi) is 8.33. The number of morpholine rings is 1. The zero-order valence-corrected chi connectivity index (χ0v) is 20.0. The van der Waals surface area contributed by atoms with Crippen LogP contribution in [-0.4, -0.2) is 31.2 Å². The van der Waals surface area contributed by atoms with Gasteiger partial charge in [0, 0.05) is 41.2 Å². The van der Waals surface area contributed by atoms with E-state index in [1.165, 1.54) is 6.07 Å². The summed E-state index contributed by atoms with van der Waals surface area (Å²) in [4.78, 5) is 13.1. The van der Waals surface area contributed by atoms with Gasteiger partial charge in [-0.2, -0.15) is 0 Å². The van der Waals surface area contributed by atoms with E-state index < -0.39 is 0 Å². The van der Waals surface area contributed by atoms with Crippen LogP contribution in [0.4, 0.5) is 10.1 Å². The molecule has 0 aromatic heterocycles. The molecule has 4 nitrogen and oxygen atoms in total. The van der Waals surface area contributed by atoms with Gasteiger partial charge in [0.15, 0.2) is 0 Å². The van der Waals surface area contributed by atoms with Crippen LogP contribution in [0.25, 0.3) is 0 Å². The number of benzene rings is 3. The molecule has 0 saturated carbocycles. The lowest BCUT2D eigenvalue weighted by Gasteiger charge is -2.28. The topological polar surface area (TPSA) is 50.4 Å². The van der Waals surface area contributed by atoms with Crippen molar-refractivity contribution in [2.45, 2.75) is 44.2 Å². The van der Waals surface area contributed by atoms with E-state index in [1.54, 1.807) is 12.1 Å². The Bertz CT molecular complexity index is 1080. The third kappa shape index (κ3) is 6.44. The quantitative estimate of drug-likeness (QED) is 0.419. The summed E-state index contributed by atoms with van der Waals surface area (Å²) < 4.78 is 20.6. The largest absolute Gasteiger partial charge is 0.375 e. The normalized spacial score (nSPS) is 18.9. The zero-order chi connectivity index (χ0) is 23.9. The van der Waals surface area contributed by atoms with Crippen molar-refractivity contribution in [2.75, 3.05) is 18.5 Å². The molecular weight excluding hydrogens is 451 g/mol. The number of halogens is 2. The molecule has 0 spiro atoms. The van der Waals surface area contributed by atoms with Crippen molar-refractivity contribution >= 4 is 23.2 Å². The van der Waals surface area contributed by atoms with E-state index in [2.05, 4.69) is 17.6 Å². The maximum Gasteiger partial charge on any atom is 0.225 e. The molecule has 3 aromatic rings. The molecule has 0 bridgehead atoms. The lowest BCUT2D eigenvalue weighted by Crippen LogP contribution is -2.44. The van der Waals surface area contributed by atoms with Gasteiger partial charge in [0.1, 0.15) is 5.82 Å². The van der Waals surface area contributed by atoms with Gasteiger partial charge in [-0.15, -0.1) is 0 Å². The van der Waals surface area contributed by atoms with Gasteiger partial charge in [-0.25, -0.2) is 4.39 Å². The molecule has 4 rings (SSSR count). The Morgan fingerprint density at radius 1 is 1.09 bits per heavy atom. The van der Waals surface area contributed by atoms with Gasteiger partial charge in [-0.1, -0.05) is 60.1 Å². The van der Waals surface area contributed by atoms with Crippen LogP contribution in [0.5, 0.6) is 0 Å². The Morgan fingerprint density at radius 2 is 1.82 bits per heavy atom. The highest BCUT2D eigenvalue weighted by atomic mass is 35.5. The maximum absolute atomic E-state index is 14.7. The summed E-state index contributed by atoms with van der Waals surface area (Å²) in [5, 5.41) is 7.00. The predicted octanol–water partition coefficient (Wildman–Crippen LogP) is 5.95. The number of hydrogen-bond donors (Lipinski definition) is 2. The number of carbonyl (C=O) groups is 1. The van der Waals surface area contributed by atoms with E-state index in [1.807, 2.05) is 54.6 Å².